The molecular weight excluding hydrogens is 458 g/mol. The van der Waals surface area contributed by atoms with Crippen LogP contribution in [-0.4, -0.2) is 0 Å². The SMILES string of the molecule is C=C1c2cccc3c(-c4ccc(C(C)(CCCC)CCCCC)cc4)cc4ccc[n+](c4c23)C1(CC)CC. The summed E-state index contributed by atoms with van der Waals surface area (Å²) in [5.41, 5.74) is 8.27. The molecule has 1 unspecified atom stereocenters. The number of hydrogen-bond donors (Lipinski definition) is 0. The van der Waals surface area contributed by atoms with E-state index in [0.717, 1.165) is 12.8 Å². The van der Waals surface area contributed by atoms with E-state index < -0.39 is 0 Å². The van der Waals surface area contributed by atoms with Gasteiger partial charge in [0, 0.05) is 29.9 Å². The summed E-state index contributed by atoms with van der Waals surface area (Å²) in [5.74, 6) is 0. The van der Waals surface area contributed by atoms with Crippen molar-refractivity contribution in [3.63, 3.8) is 0 Å². The lowest BCUT2D eigenvalue weighted by Crippen LogP contribution is -2.57. The van der Waals surface area contributed by atoms with Gasteiger partial charge in [-0.25, -0.2) is 0 Å². The zero-order chi connectivity index (χ0) is 26.9. The number of benzene rings is 3. The number of unbranched alkanes of at least 4 members (excludes halogenated alkanes) is 3. The molecule has 3 aromatic carbocycles. The van der Waals surface area contributed by atoms with E-state index in [1.54, 1.807) is 0 Å². The largest absolute Gasteiger partial charge is 0.221 e. The number of rotatable bonds is 11. The van der Waals surface area contributed by atoms with Crippen LogP contribution in [0.3, 0.4) is 0 Å². The highest BCUT2D eigenvalue weighted by atomic mass is 15.1. The van der Waals surface area contributed by atoms with Crippen LogP contribution in [0.5, 0.6) is 0 Å². The van der Waals surface area contributed by atoms with Crippen molar-refractivity contribution in [1.82, 2.24) is 0 Å². The molecule has 0 aliphatic carbocycles. The summed E-state index contributed by atoms with van der Waals surface area (Å²) < 4.78 is 2.53. The van der Waals surface area contributed by atoms with Crippen molar-refractivity contribution in [2.24, 2.45) is 0 Å². The molecule has 0 N–H and O–H groups in total. The molecule has 1 aliphatic heterocycles. The summed E-state index contributed by atoms with van der Waals surface area (Å²) in [5, 5.41) is 4.01. The molecule has 1 nitrogen and oxygen atoms in total. The van der Waals surface area contributed by atoms with Crippen LogP contribution < -0.4 is 4.57 Å². The molecule has 1 atom stereocenters. The first kappa shape index (κ1) is 26.7. The zero-order valence-electron chi connectivity index (χ0n) is 24.4. The van der Waals surface area contributed by atoms with E-state index in [1.807, 2.05) is 0 Å². The van der Waals surface area contributed by atoms with Gasteiger partial charge in [0.1, 0.15) is 0 Å². The third kappa shape index (κ3) is 4.19. The summed E-state index contributed by atoms with van der Waals surface area (Å²) >= 11 is 0. The standard InChI is InChI=1S/C37H46N/c1-7-11-13-24-36(6,23-12-8-2)30-21-19-28(20-22-30)33-26-29-16-15-25-38-35(29)34-31(17-14-18-32(33)34)27(5)37(38,9-3)10-4/h14-22,25-26H,5,7-13,23-24H2,1-4,6H3/q+1. The van der Waals surface area contributed by atoms with Crippen molar-refractivity contribution in [2.75, 3.05) is 0 Å². The fraction of sp³-hybridized carbons (Fsp3) is 0.432. The monoisotopic (exact) mass is 504 g/mol. The quantitative estimate of drug-likeness (QED) is 0.109. The van der Waals surface area contributed by atoms with Crippen LogP contribution >= 0.6 is 0 Å². The first-order chi connectivity index (χ1) is 18.4. The topological polar surface area (TPSA) is 3.88 Å². The average Bonchev–Trinajstić information content (AvgIpc) is 2.96. The molecule has 38 heavy (non-hydrogen) atoms. The van der Waals surface area contributed by atoms with E-state index in [0.29, 0.717) is 0 Å². The number of nitrogens with zero attached hydrogens (tertiary/aromatic N) is 1. The molecule has 0 spiro atoms. The van der Waals surface area contributed by atoms with Crippen molar-refractivity contribution in [2.45, 2.75) is 103 Å². The highest BCUT2D eigenvalue weighted by Crippen LogP contribution is 2.46. The highest BCUT2D eigenvalue weighted by molar-refractivity contribution is 6.16. The molecule has 0 saturated carbocycles. The third-order valence-electron chi connectivity index (χ3n) is 9.74. The van der Waals surface area contributed by atoms with Gasteiger partial charge in [0.2, 0.25) is 5.52 Å². The van der Waals surface area contributed by atoms with E-state index in [4.69, 9.17) is 6.58 Å². The maximum atomic E-state index is 4.70. The summed E-state index contributed by atoms with van der Waals surface area (Å²) in [4.78, 5) is 0. The van der Waals surface area contributed by atoms with E-state index in [9.17, 15) is 0 Å². The minimum atomic E-state index is -0.0648. The first-order valence-electron chi connectivity index (χ1n) is 15.1. The number of hydrogen-bond acceptors (Lipinski definition) is 0. The molecule has 1 aromatic heterocycles. The lowest BCUT2D eigenvalue weighted by Gasteiger charge is -2.34. The molecule has 2 heterocycles. The third-order valence-corrected chi connectivity index (χ3v) is 9.74. The van der Waals surface area contributed by atoms with Gasteiger partial charge in [0.25, 0.3) is 0 Å². The fourth-order valence-corrected chi connectivity index (χ4v) is 7.23. The van der Waals surface area contributed by atoms with E-state index >= 15 is 0 Å². The predicted octanol–water partition coefficient (Wildman–Crippen LogP) is 10.5. The Bertz CT molecular complexity index is 1450. The average molecular weight is 505 g/mol. The van der Waals surface area contributed by atoms with Crippen LogP contribution in [0.25, 0.3) is 38.4 Å². The van der Waals surface area contributed by atoms with Crippen LogP contribution in [0, 0.1) is 0 Å². The van der Waals surface area contributed by atoms with Gasteiger partial charge in [-0.2, -0.15) is 4.57 Å². The molecule has 0 amide bonds. The highest BCUT2D eigenvalue weighted by Gasteiger charge is 2.45. The second-order valence-electron chi connectivity index (χ2n) is 11.9. The predicted molar refractivity (Wildman–Crippen MR) is 166 cm³/mol. The Morgan fingerprint density at radius 3 is 2.18 bits per heavy atom. The second kappa shape index (κ2) is 10.7. The first-order valence-corrected chi connectivity index (χ1v) is 15.1. The van der Waals surface area contributed by atoms with E-state index in [2.05, 4.69) is 106 Å². The smallest absolute Gasteiger partial charge is 0.188 e. The molecule has 5 rings (SSSR count). The maximum absolute atomic E-state index is 4.70. The Labute approximate surface area is 230 Å². The molecule has 1 heteroatoms. The lowest BCUT2D eigenvalue weighted by molar-refractivity contribution is -0.726. The van der Waals surface area contributed by atoms with Crippen LogP contribution in [0.2, 0.25) is 0 Å². The number of allylic oxidation sites excluding steroid dienone is 1. The minimum absolute atomic E-state index is 0.0648. The molecule has 0 fully saturated rings. The van der Waals surface area contributed by atoms with Gasteiger partial charge < -0.3 is 0 Å². The van der Waals surface area contributed by atoms with Gasteiger partial charge in [-0.15, -0.1) is 0 Å². The second-order valence-corrected chi connectivity index (χ2v) is 11.9. The summed E-state index contributed by atoms with van der Waals surface area (Å²) in [6.07, 6.45) is 13.4. The zero-order valence-corrected chi connectivity index (χ0v) is 24.4. The summed E-state index contributed by atoms with van der Waals surface area (Å²) in [6, 6.07) is 23.4. The van der Waals surface area contributed by atoms with Crippen LogP contribution in [0.4, 0.5) is 0 Å². The Balaban J connectivity index is 1.65. The van der Waals surface area contributed by atoms with Gasteiger partial charge in [-0.3, -0.25) is 0 Å². The molecule has 0 radical (unpaired) electrons. The van der Waals surface area contributed by atoms with Gasteiger partial charge in [0.05, 0.1) is 5.39 Å². The van der Waals surface area contributed by atoms with Gasteiger partial charge in [-0.1, -0.05) is 116 Å². The number of pyridine rings is 1. The molecular formula is C37H46N+. The molecule has 0 saturated heterocycles. The van der Waals surface area contributed by atoms with E-state index in [-0.39, 0.29) is 11.0 Å². The van der Waals surface area contributed by atoms with Crippen LogP contribution in [0.1, 0.15) is 104 Å². The Morgan fingerprint density at radius 1 is 0.789 bits per heavy atom. The van der Waals surface area contributed by atoms with Crippen molar-refractivity contribution in [1.29, 1.82) is 0 Å². The normalized spacial score (nSPS) is 15.9. The van der Waals surface area contributed by atoms with Gasteiger partial charge in [-0.05, 0) is 58.0 Å². The lowest BCUT2D eigenvalue weighted by atomic mass is 9.74. The fourth-order valence-electron chi connectivity index (χ4n) is 7.23. The van der Waals surface area contributed by atoms with Crippen molar-refractivity contribution in [3.05, 3.63) is 84.6 Å². The molecule has 1 aliphatic rings. The van der Waals surface area contributed by atoms with Crippen molar-refractivity contribution in [3.8, 4) is 11.1 Å². The Kier molecular flexibility index (Phi) is 7.49. The Hall–Kier alpha value is -2.93. The molecule has 198 valence electrons. The minimum Gasteiger partial charge on any atom is -0.188 e. The van der Waals surface area contributed by atoms with Crippen molar-refractivity contribution >= 4 is 27.2 Å². The summed E-state index contributed by atoms with van der Waals surface area (Å²) in [6.45, 7) is 16.4. The molecule has 4 aromatic rings. The Morgan fingerprint density at radius 2 is 1.50 bits per heavy atom. The summed E-state index contributed by atoms with van der Waals surface area (Å²) in [7, 11) is 0. The van der Waals surface area contributed by atoms with Gasteiger partial charge >= 0.3 is 0 Å². The molecule has 0 bridgehead atoms. The van der Waals surface area contributed by atoms with Crippen LogP contribution in [0.15, 0.2) is 73.4 Å². The van der Waals surface area contributed by atoms with Gasteiger partial charge in [0.15, 0.2) is 11.7 Å². The number of aromatic nitrogens is 1. The van der Waals surface area contributed by atoms with Crippen LogP contribution in [-0.2, 0) is 11.0 Å². The van der Waals surface area contributed by atoms with Crippen molar-refractivity contribution < 1.29 is 4.57 Å². The van der Waals surface area contributed by atoms with E-state index in [1.165, 1.54) is 94.4 Å². The maximum Gasteiger partial charge on any atom is 0.221 e.